The van der Waals surface area contributed by atoms with Gasteiger partial charge in [-0.1, -0.05) is 41.4 Å². The zero-order valence-corrected chi connectivity index (χ0v) is 14.5. The number of hydrogen-bond donors (Lipinski definition) is 2. The standard InChI is InChI=1S/C20H18ClN3O/c1-14-2-8-18(9-3-14)24-20(25)16-10-19(13-22-12-16)23-11-15-4-6-17(21)7-5-15/h2-10,12-13,23H,11H2,1H3,(H,24,25). The van der Waals surface area contributed by atoms with E-state index >= 15 is 0 Å². The molecule has 3 aromatic rings. The molecule has 5 heteroatoms. The maximum Gasteiger partial charge on any atom is 0.257 e. The fourth-order valence-electron chi connectivity index (χ4n) is 2.31. The average Bonchev–Trinajstić information content (AvgIpc) is 2.63. The molecule has 0 radical (unpaired) electrons. The minimum Gasteiger partial charge on any atom is -0.380 e. The SMILES string of the molecule is Cc1ccc(NC(=O)c2cncc(NCc3ccc(Cl)cc3)c2)cc1. The van der Waals surface area contributed by atoms with Gasteiger partial charge in [-0.05, 0) is 42.8 Å². The Balaban J connectivity index is 1.64. The zero-order valence-electron chi connectivity index (χ0n) is 13.8. The molecule has 0 aliphatic carbocycles. The summed E-state index contributed by atoms with van der Waals surface area (Å²) < 4.78 is 0. The first-order valence-corrected chi connectivity index (χ1v) is 8.29. The first kappa shape index (κ1) is 17.0. The molecule has 0 fully saturated rings. The van der Waals surface area contributed by atoms with E-state index < -0.39 is 0 Å². The fourth-order valence-corrected chi connectivity index (χ4v) is 2.43. The summed E-state index contributed by atoms with van der Waals surface area (Å²) in [6.45, 7) is 2.63. The van der Waals surface area contributed by atoms with Crippen molar-refractivity contribution in [1.82, 2.24) is 4.98 Å². The highest BCUT2D eigenvalue weighted by atomic mass is 35.5. The van der Waals surface area contributed by atoms with E-state index in [0.717, 1.165) is 22.5 Å². The molecule has 1 heterocycles. The van der Waals surface area contributed by atoms with Crippen LogP contribution in [-0.2, 0) is 6.54 Å². The minimum atomic E-state index is -0.188. The van der Waals surface area contributed by atoms with Crippen LogP contribution >= 0.6 is 11.6 Å². The van der Waals surface area contributed by atoms with Crippen LogP contribution in [0, 0.1) is 6.92 Å². The normalized spacial score (nSPS) is 10.3. The van der Waals surface area contributed by atoms with Gasteiger partial charge in [-0.15, -0.1) is 0 Å². The number of rotatable bonds is 5. The third-order valence-electron chi connectivity index (χ3n) is 3.72. The third kappa shape index (κ3) is 4.81. The minimum absolute atomic E-state index is 0.188. The van der Waals surface area contributed by atoms with Crippen molar-refractivity contribution in [3.63, 3.8) is 0 Å². The topological polar surface area (TPSA) is 54.0 Å². The second kappa shape index (κ2) is 7.81. The van der Waals surface area contributed by atoms with Crippen molar-refractivity contribution in [1.29, 1.82) is 0 Å². The summed E-state index contributed by atoms with van der Waals surface area (Å²) in [6, 6.07) is 17.1. The van der Waals surface area contributed by atoms with E-state index in [1.165, 1.54) is 0 Å². The summed E-state index contributed by atoms with van der Waals surface area (Å²) in [6.07, 6.45) is 3.25. The molecule has 4 nitrogen and oxygen atoms in total. The van der Waals surface area contributed by atoms with Crippen molar-refractivity contribution < 1.29 is 4.79 Å². The Morgan fingerprint density at radius 1 is 1.00 bits per heavy atom. The molecule has 0 saturated heterocycles. The number of pyridine rings is 1. The second-order valence-electron chi connectivity index (χ2n) is 5.76. The van der Waals surface area contributed by atoms with Gasteiger partial charge in [0.25, 0.3) is 5.91 Å². The number of hydrogen-bond acceptors (Lipinski definition) is 3. The maximum absolute atomic E-state index is 12.4. The van der Waals surface area contributed by atoms with Crippen LogP contribution in [0.5, 0.6) is 0 Å². The van der Waals surface area contributed by atoms with Crippen LogP contribution in [0.2, 0.25) is 5.02 Å². The quantitative estimate of drug-likeness (QED) is 0.686. The Hall–Kier alpha value is -2.85. The molecule has 0 bridgehead atoms. The number of nitrogens with zero attached hydrogens (tertiary/aromatic N) is 1. The molecule has 126 valence electrons. The lowest BCUT2D eigenvalue weighted by Crippen LogP contribution is -2.12. The van der Waals surface area contributed by atoms with Gasteiger partial charge in [0.1, 0.15) is 0 Å². The Labute approximate surface area is 151 Å². The van der Waals surface area contributed by atoms with Gasteiger partial charge in [0.05, 0.1) is 11.3 Å². The highest BCUT2D eigenvalue weighted by Crippen LogP contribution is 2.15. The van der Waals surface area contributed by atoms with E-state index in [1.807, 2.05) is 55.5 Å². The number of carbonyl (C=O) groups excluding carboxylic acids is 1. The summed E-state index contributed by atoms with van der Waals surface area (Å²) in [5.41, 5.74) is 4.29. The monoisotopic (exact) mass is 351 g/mol. The van der Waals surface area contributed by atoms with E-state index in [4.69, 9.17) is 11.6 Å². The van der Waals surface area contributed by atoms with Crippen LogP contribution in [0.1, 0.15) is 21.5 Å². The van der Waals surface area contributed by atoms with Crippen LogP contribution in [0.4, 0.5) is 11.4 Å². The Kier molecular flexibility index (Phi) is 5.31. The van der Waals surface area contributed by atoms with Crippen LogP contribution in [0.15, 0.2) is 67.0 Å². The molecular formula is C20H18ClN3O. The molecule has 0 atom stereocenters. The number of amides is 1. The number of halogens is 1. The van der Waals surface area contributed by atoms with Crippen molar-refractivity contribution >= 4 is 28.9 Å². The highest BCUT2D eigenvalue weighted by molar-refractivity contribution is 6.30. The number of benzene rings is 2. The molecule has 3 rings (SSSR count). The van der Waals surface area contributed by atoms with E-state index in [9.17, 15) is 4.79 Å². The summed E-state index contributed by atoms with van der Waals surface area (Å²) >= 11 is 5.88. The number of anilines is 2. The number of carbonyl (C=O) groups is 1. The molecule has 0 aliphatic heterocycles. The second-order valence-corrected chi connectivity index (χ2v) is 6.20. The molecule has 0 aliphatic rings. The zero-order chi connectivity index (χ0) is 17.6. The smallest absolute Gasteiger partial charge is 0.257 e. The summed E-state index contributed by atoms with van der Waals surface area (Å²) in [5.74, 6) is -0.188. The third-order valence-corrected chi connectivity index (χ3v) is 3.97. The number of aryl methyl sites for hydroxylation is 1. The van der Waals surface area contributed by atoms with Gasteiger partial charge in [0.15, 0.2) is 0 Å². The Morgan fingerprint density at radius 2 is 1.72 bits per heavy atom. The summed E-state index contributed by atoms with van der Waals surface area (Å²) in [5, 5.41) is 6.84. The van der Waals surface area contributed by atoms with E-state index in [0.29, 0.717) is 17.1 Å². The molecule has 25 heavy (non-hydrogen) atoms. The van der Waals surface area contributed by atoms with Gasteiger partial charge in [0, 0.05) is 29.6 Å². The van der Waals surface area contributed by atoms with Gasteiger partial charge < -0.3 is 10.6 Å². The van der Waals surface area contributed by atoms with Crippen molar-refractivity contribution in [2.45, 2.75) is 13.5 Å². The first-order valence-electron chi connectivity index (χ1n) is 7.91. The lowest BCUT2D eigenvalue weighted by Gasteiger charge is -2.09. The lowest BCUT2D eigenvalue weighted by molar-refractivity contribution is 0.102. The van der Waals surface area contributed by atoms with Gasteiger partial charge in [-0.3, -0.25) is 9.78 Å². The maximum atomic E-state index is 12.4. The van der Waals surface area contributed by atoms with Crippen LogP contribution < -0.4 is 10.6 Å². The van der Waals surface area contributed by atoms with Crippen LogP contribution in [0.3, 0.4) is 0 Å². The van der Waals surface area contributed by atoms with Gasteiger partial charge in [-0.25, -0.2) is 0 Å². The van der Waals surface area contributed by atoms with Gasteiger partial charge >= 0.3 is 0 Å². The van der Waals surface area contributed by atoms with E-state index in [2.05, 4.69) is 15.6 Å². The van der Waals surface area contributed by atoms with Crippen molar-refractivity contribution in [3.8, 4) is 0 Å². The Bertz CT molecular complexity index is 861. The van der Waals surface area contributed by atoms with Crippen LogP contribution in [0.25, 0.3) is 0 Å². The van der Waals surface area contributed by atoms with E-state index in [1.54, 1.807) is 18.5 Å². The summed E-state index contributed by atoms with van der Waals surface area (Å²) in [4.78, 5) is 16.5. The van der Waals surface area contributed by atoms with Gasteiger partial charge in [0.2, 0.25) is 0 Å². The number of aromatic nitrogens is 1. The Morgan fingerprint density at radius 3 is 2.44 bits per heavy atom. The molecule has 0 unspecified atom stereocenters. The molecule has 0 saturated carbocycles. The van der Waals surface area contributed by atoms with Gasteiger partial charge in [-0.2, -0.15) is 0 Å². The molecular weight excluding hydrogens is 334 g/mol. The van der Waals surface area contributed by atoms with Crippen molar-refractivity contribution in [3.05, 3.63) is 88.7 Å². The summed E-state index contributed by atoms with van der Waals surface area (Å²) in [7, 11) is 0. The average molecular weight is 352 g/mol. The fraction of sp³-hybridized carbons (Fsp3) is 0.100. The molecule has 2 aromatic carbocycles. The van der Waals surface area contributed by atoms with E-state index in [-0.39, 0.29) is 5.91 Å². The predicted octanol–water partition coefficient (Wildman–Crippen LogP) is 4.91. The molecule has 0 spiro atoms. The predicted molar refractivity (Wildman–Crippen MR) is 102 cm³/mol. The molecule has 1 aromatic heterocycles. The first-order chi connectivity index (χ1) is 12.1. The lowest BCUT2D eigenvalue weighted by atomic mass is 10.2. The van der Waals surface area contributed by atoms with Crippen molar-refractivity contribution in [2.75, 3.05) is 10.6 Å². The number of nitrogens with one attached hydrogen (secondary N) is 2. The molecule has 1 amide bonds. The molecule has 2 N–H and O–H groups in total. The van der Waals surface area contributed by atoms with Crippen molar-refractivity contribution in [2.24, 2.45) is 0 Å². The van der Waals surface area contributed by atoms with Crippen LogP contribution in [-0.4, -0.2) is 10.9 Å². The highest BCUT2D eigenvalue weighted by Gasteiger charge is 2.07. The largest absolute Gasteiger partial charge is 0.380 e.